The number of carboxylic acid groups (broad SMARTS) is 1. The first-order valence-corrected chi connectivity index (χ1v) is 8.08. The van der Waals surface area contributed by atoms with Gasteiger partial charge in [0.2, 0.25) is 6.79 Å². The molecule has 2 heterocycles. The van der Waals surface area contributed by atoms with Crippen molar-refractivity contribution < 1.29 is 19.4 Å². The Morgan fingerprint density at radius 3 is 3.00 bits per heavy atom. The van der Waals surface area contributed by atoms with Crippen LogP contribution in [0.25, 0.3) is 0 Å². The van der Waals surface area contributed by atoms with Gasteiger partial charge < -0.3 is 14.6 Å². The summed E-state index contributed by atoms with van der Waals surface area (Å²) in [6.45, 7) is 3.27. The van der Waals surface area contributed by atoms with Crippen LogP contribution < -0.4 is 9.47 Å². The van der Waals surface area contributed by atoms with Crippen LogP contribution in [0, 0.1) is 0 Å². The highest BCUT2D eigenvalue weighted by atomic mass is 16.7. The van der Waals surface area contributed by atoms with Gasteiger partial charge in [0, 0.05) is 6.04 Å². The van der Waals surface area contributed by atoms with E-state index in [0.717, 1.165) is 55.7 Å². The average molecular weight is 305 g/mol. The second-order valence-corrected chi connectivity index (χ2v) is 6.00. The number of likely N-dealkylation sites (tertiary alicyclic amines) is 1. The molecule has 1 saturated heterocycles. The third-order valence-corrected chi connectivity index (χ3v) is 4.59. The van der Waals surface area contributed by atoms with Crippen molar-refractivity contribution in [3.8, 4) is 11.5 Å². The molecular weight excluding hydrogens is 282 g/mol. The van der Waals surface area contributed by atoms with Crippen molar-refractivity contribution in [2.24, 2.45) is 0 Å². The number of ether oxygens (including phenoxy) is 2. The number of unbranched alkanes of at least 4 members (excludes halogenated alkanes) is 1. The first-order chi connectivity index (χ1) is 10.7. The van der Waals surface area contributed by atoms with E-state index in [4.69, 9.17) is 9.47 Å². The fourth-order valence-corrected chi connectivity index (χ4v) is 3.47. The van der Waals surface area contributed by atoms with Gasteiger partial charge in [0.15, 0.2) is 11.5 Å². The van der Waals surface area contributed by atoms with Gasteiger partial charge in [-0.15, -0.1) is 0 Å². The molecule has 0 radical (unpaired) electrons. The van der Waals surface area contributed by atoms with Crippen molar-refractivity contribution in [2.45, 2.75) is 51.1 Å². The normalized spacial score (nSPS) is 22.0. The van der Waals surface area contributed by atoms with Gasteiger partial charge in [-0.2, -0.15) is 0 Å². The van der Waals surface area contributed by atoms with Crippen LogP contribution in [0.2, 0.25) is 0 Å². The Labute approximate surface area is 130 Å². The van der Waals surface area contributed by atoms with E-state index in [-0.39, 0.29) is 18.9 Å². The summed E-state index contributed by atoms with van der Waals surface area (Å²) in [5.41, 5.74) is 1.13. The Morgan fingerprint density at radius 2 is 2.23 bits per heavy atom. The molecule has 0 amide bonds. The van der Waals surface area contributed by atoms with Crippen molar-refractivity contribution in [1.82, 2.24) is 4.90 Å². The molecule has 2 aliphatic heterocycles. The molecule has 5 heteroatoms. The summed E-state index contributed by atoms with van der Waals surface area (Å²) in [5.74, 6) is 0.832. The molecule has 1 aromatic carbocycles. The molecule has 0 aromatic heterocycles. The van der Waals surface area contributed by atoms with E-state index >= 15 is 0 Å². The Kier molecular flexibility index (Phi) is 4.52. The molecule has 5 nitrogen and oxygen atoms in total. The van der Waals surface area contributed by atoms with E-state index in [1.807, 2.05) is 18.2 Å². The third-order valence-electron chi connectivity index (χ3n) is 4.59. The lowest BCUT2D eigenvalue weighted by molar-refractivity contribution is -0.143. The molecule has 22 heavy (non-hydrogen) atoms. The fourth-order valence-electron chi connectivity index (χ4n) is 3.47. The zero-order chi connectivity index (χ0) is 15.5. The number of carboxylic acids is 1. The number of hydrogen-bond donors (Lipinski definition) is 1. The van der Waals surface area contributed by atoms with E-state index in [9.17, 15) is 9.90 Å². The number of aliphatic carboxylic acids is 1. The number of benzene rings is 1. The maximum atomic E-state index is 11.5. The van der Waals surface area contributed by atoms with Gasteiger partial charge in [0.25, 0.3) is 0 Å². The van der Waals surface area contributed by atoms with E-state index in [1.54, 1.807) is 0 Å². The fraction of sp³-hybridized carbons (Fsp3) is 0.588. The van der Waals surface area contributed by atoms with Gasteiger partial charge in [-0.05, 0) is 43.5 Å². The second kappa shape index (κ2) is 6.57. The molecule has 2 aliphatic rings. The molecular formula is C17H23NO4. The van der Waals surface area contributed by atoms with Crippen LogP contribution in [-0.2, 0) is 4.79 Å². The zero-order valence-electron chi connectivity index (χ0n) is 13.0. The molecule has 0 aliphatic carbocycles. The summed E-state index contributed by atoms with van der Waals surface area (Å²) in [6, 6.07) is 5.76. The van der Waals surface area contributed by atoms with Crippen LogP contribution >= 0.6 is 0 Å². The lowest BCUT2D eigenvalue weighted by atomic mass is 9.98. The van der Waals surface area contributed by atoms with E-state index in [1.165, 1.54) is 0 Å². The molecule has 1 N–H and O–H groups in total. The third kappa shape index (κ3) is 2.90. The van der Waals surface area contributed by atoms with Gasteiger partial charge in [-0.1, -0.05) is 25.8 Å². The highest BCUT2D eigenvalue weighted by Crippen LogP contribution is 2.39. The predicted octanol–water partition coefficient (Wildman–Crippen LogP) is 3.20. The Balaban J connectivity index is 1.87. The van der Waals surface area contributed by atoms with Crippen LogP contribution in [0.15, 0.2) is 18.2 Å². The molecule has 2 atom stereocenters. The van der Waals surface area contributed by atoms with Crippen LogP contribution in [0.1, 0.15) is 50.6 Å². The first-order valence-electron chi connectivity index (χ1n) is 8.08. The molecule has 120 valence electrons. The summed E-state index contributed by atoms with van der Waals surface area (Å²) in [5, 5.41) is 9.47. The van der Waals surface area contributed by atoms with Crippen molar-refractivity contribution in [3.63, 3.8) is 0 Å². The number of nitrogens with zero attached hydrogens (tertiary/aromatic N) is 1. The van der Waals surface area contributed by atoms with Crippen LogP contribution in [-0.4, -0.2) is 35.4 Å². The number of fused-ring (bicyclic) bond motifs is 1. The van der Waals surface area contributed by atoms with Crippen molar-refractivity contribution >= 4 is 5.97 Å². The Hall–Kier alpha value is -1.75. The summed E-state index contributed by atoms with van der Waals surface area (Å²) in [7, 11) is 0. The van der Waals surface area contributed by atoms with Gasteiger partial charge in [-0.3, -0.25) is 9.69 Å². The molecule has 0 saturated carbocycles. The summed E-state index contributed by atoms with van der Waals surface area (Å²) >= 11 is 0. The Bertz CT molecular complexity index is 545. The van der Waals surface area contributed by atoms with E-state index in [0.29, 0.717) is 0 Å². The zero-order valence-corrected chi connectivity index (χ0v) is 13.0. The molecule has 1 fully saturated rings. The summed E-state index contributed by atoms with van der Waals surface area (Å²) < 4.78 is 10.8. The monoisotopic (exact) mass is 305 g/mol. The van der Waals surface area contributed by atoms with Crippen LogP contribution in [0.4, 0.5) is 0 Å². The topological polar surface area (TPSA) is 59.0 Å². The first kappa shape index (κ1) is 15.2. The highest BCUT2D eigenvalue weighted by Gasteiger charge is 2.36. The molecule has 0 spiro atoms. The summed E-state index contributed by atoms with van der Waals surface area (Å²) in [6.07, 6.45) is 4.85. The highest BCUT2D eigenvalue weighted by molar-refractivity contribution is 5.74. The number of hydrogen-bond acceptors (Lipinski definition) is 4. The summed E-state index contributed by atoms with van der Waals surface area (Å²) in [4.78, 5) is 13.7. The maximum Gasteiger partial charge on any atom is 0.320 e. The van der Waals surface area contributed by atoms with Crippen molar-refractivity contribution in [3.05, 3.63) is 23.8 Å². The minimum absolute atomic E-state index is 0.137. The standard InChI is InChI=1S/C17H23NO4/c1-2-3-5-13(18-9-4-6-14(18)17(19)20)12-7-8-15-16(10-12)22-11-21-15/h7-8,10,13-14H,2-6,9,11H2,1H3,(H,19,20). The van der Waals surface area contributed by atoms with Gasteiger partial charge >= 0.3 is 5.97 Å². The second-order valence-electron chi connectivity index (χ2n) is 6.00. The van der Waals surface area contributed by atoms with Crippen LogP contribution in [0.3, 0.4) is 0 Å². The smallest absolute Gasteiger partial charge is 0.320 e. The van der Waals surface area contributed by atoms with E-state index in [2.05, 4.69) is 11.8 Å². The molecule has 1 aromatic rings. The van der Waals surface area contributed by atoms with E-state index < -0.39 is 5.97 Å². The largest absolute Gasteiger partial charge is 0.480 e. The lowest BCUT2D eigenvalue weighted by Gasteiger charge is -2.31. The Morgan fingerprint density at radius 1 is 1.41 bits per heavy atom. The van der Waals surface area contributed by atoms with Crippen molar-refractivity contribution in [2.75, 3.05) is 13.3 Å². The maximum absolute atomic E-state index is 11.5. The average Bonchev–Trinajstić information content (AvgIpc) is 3.16. The van der Waals surface area contributed by atoms with Gasteiger partial charge in [0.1, 0.15) is 6.04 Å². The number of carbonyl (C=O) groups is 1. The minimum atomic E-state index is -0.709. The molecule has 2 unspecified atom stereocenters. The van der Waals surface area contributed by atoms with Gasteiger partial charge in [-0.25, -0.2) is 0 Å². The minimum Gasteiger partial charge on any atom is -0.480 e. The lowest BCUT2D eigenvalue weighted by Crippen LogP contribution is -2.38. The molecule has 0 bridgehead atoms. The SMILES string of the molecule is CCCCC(c1ccc2c(c1)OCO2)N1CCCC1C(=O)O. The van der Waals surface area contributed by atoms with Crippen molar-refractivity contribution in [1.29, 1.82) is 0 Å². The number of rotatable bonds is 6. The van der Waals surface area contributed by atoms with Gasteiger partial charge in [0.05, 0.1) is 0 Å². The molecule has 3 rings (SSSR count). The predicted molar refractivity (Wildman–Crippen MR) is 82.2 cm³/mol. The quantitative estimate of drug-likeness (QED) is 0.874. The van der Waals surface area contributed by atoms with Crippen LogP contribution in [0.5, 0.6) is 11.5 Å².